The number of benzene rings is 2. The number of nitrogens with one attached hydrogen (secondary N) is 1. The Labute approximate surface area is 122 Å². The van der Waals surface area contributed by atoms with Crippen molar-refractivity contribution in [2.24, 2.45) is 0 Å². The topological polar surface area (TPSA) is 58.6 Å². The summed E-state index contributed by atoms with van der Waals surface area (Å²) in [5.74, 6) is 0.218. The van der Waals surface area contributed by atoms with E-state index in [0.29, 0.717) is 16.5 Å². The number of carbonyl (C=O) groups excluding carboxylic acids is 1. The van der Waals surface area contributed by atoms with Crippen LogP contribution in [-0.2, 0) is 4.79 Å². The molecule has 0 bridgehead atoms. The number of phenols is 1. The Balaban J connectivity index is 1.99. The Kier molecular flexibility index (Phi) is 4.48. The maximum absolute atomic E-state index is 12.0. The molecule has 4 nitrogen and oxygen atoms in total. The third kappa shape index (κ3) is 3.65. The number of rotatable bonds is 4. The van der Waals surface area contributed by atoms with Gasteiger partial charge in [-0.05, 0) is 43.3 Å². The Morgan fingerprint density at radius 3 is 2.50 bits per heavy atom. The molecule has 2 N–H and O–H groups in total. The number of ether oxygens (including phenoxy) is 1. The lowest BCUT2D eigenvalue weighted by Crippen LogP contribution is -2.30. The van der Waals surface area contributed by atoms with Crippen molar-refractivity contribution in [3.8, 4) is 11.5 Å². The number of hydrogen-bond donors (Lipinski definition) is 2. The molecule has 0 saturated heterocycles. The molecule has 5 heteroatoms. The molecule has 2 aromatic rings. The van der Waals surface area contributed by atoms with Crippen molar-refractivity contribution >= 4 is 23.2 Å². The molecule has 1 atom stereocenters. The molecule has 20 heavy (non-hydrogen) atoms. The van der Waals surface area contributed by atoms with E-state index in [1.807, 2.05) is 0 Å². The normalized spacial score (nSPS) is 11.7. The molecular weight excluding hydrogens is 278 g/mol. The lowest BCUT2D eigenvalue weighted by molar-refractivity contribution is -0.122. The Bertz CT molecular complexity index is 598. The lowest BCUT2D eigenvalue weighted by Gasteiger charge is -2.15. The van der Waals surface area contributed by atoms with E-state index < -0.39 is 6.10 Å². The molecule has 0 aromatic heterocycles. The number of carbonyl (C=O) groups is 1. The second-order valence-corrected chi connectivity index (χ2v) is 4.66. The molecule has 0 saturated carbocycles. The van der Waals surface area contributed by atoms with E-state index in [0.717, 1.165) is 0 Å². The molecule has 0 heterocycles. The van der Waals surface area contributed by atoms with E-state index in [-0.39, 0.29) is 11.7 Å². The van der Waals surface area contributed by atoms with Gasteiger partial charge in [-0.1, -0.05) is 23.7 Å². The summed E-state index contributed by atoms with van der Waals surface area (Å²) in [7, 11) is 0. The fourth-order valence-electron chi connectivity index (χ4n) is 1.58. The Morgan fingerprint density at radius 2 is 1.85 bits per heavy atom. The van der Waals surface area contributed by atoms with Crippen molar-refractivity contribution in [2.75, 3.05) is 5.32 Å². The van der Waals surface area contributed by atoms with Gasteiger partial charge in [-0.3, -0.25) is 4.79 Å². The van der Waals surface area contributed by atoms with Crippen molar-refractivity contribution in [1.82, 2.24) is 0 Å². The molecule has 1 amide bonds. The summed E-state index contributed by atoms with van der Waals surface area (Å²) in [6, 6.07) is 13.3. The number of anilines is 1. The minimum atomic E-state index is -0.698. The molecule has 0 radical (unpaired) electrons. The van der Waals surface area contributed by atoms with Gasteiger partial charge in [0.2, 0.25) is 0 Å². The summed E-state index contributed by atoms with van der Waals surface area (Å²) in [6.07, 6.45) is -0.698. The van der Waals surface area contributed by atoms with Crippen LogP contribution in [0.2, 0.25) is 5.02 Å². The molecule has 0 aliphatic carbocycles. The van der Waals surface area contributed by atoms with E-state index in [1.165, 1.54) is 6.07 Å². The largest absolute Gasteiger partial charge is 0.506 e. The van der Waals surface area contributed by atoms with Crippen molar-refractivity contribution in [1.29, 1.82) is 0 Å². The summed E-state index contributed by atoms with van der Waals surface area (Å²) in [6.45, 7) is 1.63. The van der Waals surface area contributed by atoms with Gasteiger partial charge in [-0.15, -0.1) is 0 Å². The highest BCUT2D eigenvalue weighted by Gasteiger charge is 2.16. The first kappa shape index (κ1) is 14.2. The minimum Gasteiger partial charge on any atom is -0.506 e. The van der Waals surface area contributed by atoms with E-state index >= 15 is 0 Å². The zero-order valence-electron chi connectivity index (χ0n) is 10.8. The summed E-state index contributed by atoms with van der Waals surface area (Å²) in [5.41, 5.74) is 0.351. The number of amides is 1. The van der Waals surface area contributed by atoms with E-state index in [4.69, 9.17) is 16.3 Å². The molecule has 0 spiro atoms. The van der Waals surface area contributed by atoms with E-state index in [2.05, 4.69) is 5.32 Å². The van der Waals surface area contributed by atoms with Crippen molar-refractivity contribution in [2.45, 2.75) is 13.0 Å². The zero-order valence-corrected chi connectivity index (χ0v) is 11.6. The summed E-state index contributed by atoms with van der Waals surface area (Å²) < 4.78 is 5.49. The molecule has 104 valence electrons. The van der Waals surface area contributed by atoms with Crippen molar-refractivity contribution < 1.29 is 14.6 Å². The smallest absolute Gasteiger partial charge is 0.265 e. The van der Waals surface area contributed by atoms with Crippen LogP contribution in [0.15, 0.2) is 48.5 Å². The number of phenolic OH excluding ortho intramolecular Hbond substituents is 1. The zero-order chi connectivity index (χ0) is 14.5. The highest BCUT2D eigenvalue weighted by atomic mass is 35.5. The van der Waals surface area contributed by atoms with Crippen LogP contribution in [0.5, 0.6) is 11.5 Å². The van der Waals surface area contributed by atoms with Gasteiger partial charge in [0.25, 0.3) is 5.91 Å². The van der Waals surface area contributed by atoms with Crippen LogP contribution in [-0.4, -0.2) is 17.1 Å². The third-order valence-electron chi connectivity index (χ3n) is 2.66. The van der Waals surface area contributed by atoms with Crippen LogP contribution in [0.25, 0.3) is 0 Å². The van der Waals surface area contributed by atoms with Gasteiger partial charge in [0.15, 0.2) is 6.10 Å². The first-order valence-electron chi connectivity index (χ1n) is 6.07. The van der Waals surface area contributed by atoms with Gasteiger partial charge in [0, 0.05) is 5.02 Å². The van der Waals surface area contributed by atoms with Crippen LogP contribution in [0, 0.1) is 0 Å². The average Bonchev–Trinajstić information content (AvgIpc) is 2.44. The lowest BCUT2D eigenvalue weighted by atomic mass is 10.2. The fourth-order valence-corrected chi connectivity index (χ4v) is 1.71. The third-order valence-corrected chi connectivity index (χ3v) is 2.91. The maximum atomic E-state index is 12.0. The SMILES string of the molecule is CC(Oc1ccc(Cl)cc1)C(=O)Nc1ccccc1O. The number of halogens is 1. The highest BCUT2D eigenvalue weighted by Crippen LogP contribution is 2.22. The van der Waals surface area contributed by atoms with Gasteiger partial charge < -0.3 is 15.2 Å². The molecule has 2 rings (SSSR count). The van der Waals surface area contributed by atoms with E-state index in [1.54, 1.807) is 49.4 Å². The van der Waals surface area contributed by atoms with Crippen LogP contribution >= 0.6 is 11.6 Å². The molecule has 0 aliphatic rings. The van der Waals surface area contributed by atoms with Crippen LogP contribution < -0.4 is 10.1 Å². The maximum Gasteiger partial charge on any atom is 0.265 e. The molecule has 1 unspecified atom stereocenters. The van der Waals surface area contributed by atoms with Gasteiger partial charge in [0.05, 0.1) is 5.69 Å². The van der Waals surface area contributed by atoms with Crippen molar-refractivity contribution in [3.63, 3.8) is 0 Å². The quantitative estimate of drug-likeness (QED) is 0.848. The summed E-state index contributed by atoms with van der Waals surface area (Å²) >= 11 is 5.77. The second kappa shape index (κ2) is 6.30. The van der Waals surface area contributed by atoms with Crippen LogP contribution in [0.4, 0.5) is 5.69 Å². The number of para-hydroxylation sites is 2. The van der Waals surface area contributed by atoms with Gasteiger partial charge >= 0.3 is 0 Å². The summed E-state index contributed by atoms with van der Waals surface area (Å²) in [5, 5.41) is 12.8. The molecular formula is C15H14ClNO3. The van der Waals surface area contributed by atoms with Crippen molar-refractivity contribution in [3.05, 3.63) is 53.6 Å². The first-order chi connectivity index (χ1) is 9.56. The fraction of sp³-hybridized carbons (Fsp3) is 0.133. The van der Waals surface area contributed by atoms with Gasteiger partial charge in [0.1, 0.15) is 11.5 Å². The van der Waals surface area contributed by atoms with Gasteiger partial charge in [-0.25, -0.2) is 0 Å². The minimum absolute atomic E-state index is 0.0135. The average molecular weight is 292 g/mol. The highest BCUT2D eigenvalue weighted by molar-refractivity contribution is 6.30. The van der Waals surface area contributed by atoms with Gasteiger partial charge in [-0.2, -0.15) is 0 Å². The number of aromatic hydroxyl groups is 1. The first-order valence-corrected chi connectivity index (χ1v) is 6.45. The Morgan fingerprint density at radius 1 is 1.20 bits per heavy atom. The molecule has 0 fully saturated rings. The monoisotopic (exact) mass is 291 g/mol. The summed E-state index contributed by atoms with van der Waals surface area (Å²) in [4.78, 5) is 12.0. The number of hydrogen-bond acceptors (Lipinski definition) is 3. The van der Waals surface area contributed by atoms with Crippen LogP contribution in [0.3, 0.4) is 0 Å². The molecule has 0 aliphatic heterocycles. The predicted molar refractivity (Wildman–Crippen MR) is 78.3 cm³/mol. The Hall–Kier alpha value is -2.20. The standard InChI is InChI=1S/C15H14ClNO3/c1-10(20-12-8-6-11(16)7-9-12)15(19)17-13-4-2-3-5-14(13)18/h2-10,18H,1H3,(H,17,19). The van der Waals surface area contributed by atoms with Crippen LogP contribution in [0.1, 0.15) is 6.92 Å². The van der Waals surface area contributed by atoms with E-state index in [9.17, 15) is 9.90 Å². The molecule has 2 aromatic carbocycles. The predicted octanol–water partition coefficient (Wildman–Crippen LogP) is 3.45. The second-order valence-electron chi connectivity index (χ2n) is 4.22.